The largest absolute Gasteiger partial charge is 0.382 e. The fraction of sp³-hybridized carbons (Fsp3) is 0.600. The summed E-state index contributed by atoms with van der Waals surface area (Å²) in [4.78, 5) is 26.9. The number of halogens is 1. The highest BCUT2D eigenvalue weighted by Crippen LogP contribution is 2.31. The number of amides is 2. The summed E-state index contributed by atoms with van der Waals surface area (Å²) in [6.45, 7) is 1.54. The average Bonchev–Trinajstić information content (AvgIpc) is 3.07. The third-order valence-electron chi connectivity index (χ3n) is 5.53. The van der Waals surface area contributed by atoms with Crippen LogP contribution in [0.15, 0.2) is 24.3 Å². The molecule has 1 heterocycles. The highest BCUT2D eigenvalue weighted by Gasteiger charge is 2.38. The van der Waals surface area contributed by atoms with Crippen molar-refractivity contribution in [3.8, 4) is 0 Å². The number of carbonyl (C=O) groups excluding carboxylic acids is 2. The molecule has 1 N–H and O–H groups in total. The molecule has 3 rings (SSSR count). The summed E-state index contributed by atoms with van der Waals surface area (Å²) in [6.07, 6.45) is 5.21. The molecule has 0 bridgehead atoms. The molecule has 5 nitrogen and oxygen atoms in total. The van der Waals surface area contributed by atoms with Crippen LogP contribution < -0.4 is 5.32 Å². The second kappa shape index (κ2) is 8.40. The molecule has 0 spiro atoms. The Bertz CT molecular complexity index is 641. The highest BCUT2D eigenvalue weighted by molar-refractivity contribution is 6.30. The molecule has 6 heteroatoms. The first-order valence-electron chi connectivity index (χ1n) is 9.34. The van der Waals surface area contributed by atoms with Crippen molar-refractivity contribution in [3.63, 3.8) is 0 Å². The van der Waals surface area contributed by atoms with E-state index < -0.39 is 0 Å². The maximum absolute atomic E-state index is 12.9. The minimum absolute atomic E-state index is 0.0533. The minimum Gasteiger partial charge on any atom is -0.382 e. The lowest BCUT2D eigenvalue weighted by molar-refractivity contribution is -0.139. The molecule has 1 aromatic carbocycles. The number of methoxy groups -OCH3 is 1. The predicted molar refractivity (Wildman–Crippen MR) is 101 cm³/mol. The number of likely N-dealkylation sites (tertiary alicyclic amines) is 1. The van der Waals surface area contributed by atoms with E-state index in [1.807, 2.05) is 24.3 Å². The van der Waals surface area contributed by atoms with Crippen LogP contribution in [0, 0.1) is 5.92 Å². The number of rotatable bonds is 6. The first kappa shape index (κ1) is 19.2. The number of hydrogen-bond acceptors (Lipinski definition) is 3. The molecule has 1 aromatic rings. The van der Waals surface area contributed by atoms with E-state index in [4.69, 9.17) is 16.3 Å². The Morgan fingerprint density at radius 2 is 2.00 bits per heavy atom. The van der Waals surface area contributed by atoms with Gasteiger partial charge in [-0.3, -0.25) is 9.59 Å². The van der Waals surface area contributed by atoms with Crippen LogP contribution in [-0.4, -0.2) is 42.5 Å². The molecule has 1 aliphatic carbocycles. The maximum atomic E-state index is 12.9. The predicted octanol–water partition coefficient (Wildman–Crippen LogP) is 3.15. The maximum Gasteiger partial charge on any atom is 0.225 e. The normalized spacial score (nSPS) is 22.5. The zero-order valence-electron chi connectivity index (χ0n) is 15.3. The highest BCUT2D eigenvalue weighted by atomic mass is 35.5. The monoisotopic (exact) mass is 378 g/mol. The van der Waals surface area contributed by atoms with E-state index in [1.165, 1.54) is 0 Å². The zero-order chi connectivity index (χ0) is 18.6. The molecule has 0 unspecified atom stereocenters. The summed E-state index contributed by atoms with van der Waals surface area (Å²) < 4.78 is 5.35. The van der Waals surface area contributed by atoms with Crippen molar-refractivity contribution in [1.82, 2.24) is 10.2 Å². The molecular weight excluding hydrogens is 352 g/mol. The number of nitrogens with one attached hydrogen (secondary N) is 1. The molecule has 2 fully saturated rings. The van der Waals surface area contributed by atoms with Crippen molar-refractivity contribution in [1.29, 1.82) is 0 Å². The summed E-state index contributed by atoms with van der Waals surface area (Å²) in [7, 11) is 1.68. The topological polar surface area (TPSA) is 58.6 Å². The average molecular weight is 379 g/mol. The molecule has 142 valence electrons. The van der Waals surface area contributed by atoms with Crippen molar-refractivity contribution < 1.29 is 14.3 Å². The molecule has 0 aromatic heterocycles. The first-order chi connectivity index (χ1) is 12.5. The van der Waals surface area contributed by atoms with Crippen molar-refractivity contribution in [2.45, 2.75) is 50.6 Å². The molecular formula is C20H27ClN2O3. The van der Waals surface area contributed by atoms with Gasteiger partial charge in [-0.15, -0.1) is 0 Å². The van der Waals surface area contributed by atoms with Crippen LogP contribution in [0.2, 0.25) is 5.02 Å². The van der Waals surface area contributed by atoms with Gasteiger partial charge < -0.3 is 15.0 Å². The zero-order valence-corrected chi connectivity index (χ0v) is 16.1. The van der Waals surface area contributed by atoms with Crippen LogP contribution in [0.4, 0.5) is 0 Å². The lowest BCUT2D eigenvalue weighted by atomic mass is 9.92. The van der Waals surface area contributed by atoms with E-state index in [-0.39, 0.29) is 23.3 Å². The number of nitrogens with zero attached hydrogens (tertiary/aromatic N) is 1. The molecule has 2 aliphatic rings. The summed E-state index contributed by atoms with van der Waals surface area (Å²) >= 11 is 5.92. The molecule has 1 saturated heterocycles. The Morgan fingerprint density at radius 1 is 1.31 bits per heavy atom. The number of benzene rings is 1. The summed E-state index contributed by atoms with van der Waals surface area (Å²) in [5.74, 6) is 0.00311. The standard InChI is InChI=1S/C20H27ClN2O3/c1-26-14-20(10-2-3-11-20)22-19(25)16-6-9-18(24)23(13-16)12-15-4-7-17(21)8-5-15/h4-5,7-8,16H,2-3,6,9-14H2,1H3,(H,22,25)/t16-/m0/s1. The molecule has 0 radical (unpaired) electrons. The van der Waals surface area contributed by atoms with Crippen LogP contribution in [0.1, 0.15) is 44.1 Å². The van der Waals surface area contributed by atoms with Gasteiger partial charge in [-0.25, -0.2) is 0 Å². The number of ether oxygens (including phenoxy) is 1. The molecule has 26 heavy (non-hydrogen) atoms. The van der Waals surface area contributed by atoms with E-state index >= 15 is 0 Å². The van der Waals surface area contributed by atoms with Gasteiger partial charge in [-0.05, 0) is 37.0 Å². The summed E-state index contributed by atoms with van der Waals surface area (Å²) in [6, 6.07) is 7.49. The quantitative estimate of drug-likeness (QED) is 0.827. The molecule has 1 saturated carbocycles. The van der Waals surface area contributed by atoms with Crippen LogP contribution in [-0.2, 0) is 20.9 Å². The lowest BCUT2D eigenvalue weighted by Crippen LogP contribution is -2.54. The second-order valence-electron chi connectivity index (χ2n) is 7.55. The van der Waals surface area contributed by atoms with E-state index in [1.54, 1.807) is 12.0 Å². The van der Waals surface area contributed by atoms with E-state index in [0.717, 1.165) is 31.2 Å². The van der Waals surface area contributed by atoms with Crippen LogP contribution >= 0.6 is 11.6 Å². The molecule has 1 atom stereocenters. The fourth-order valence-corrected chi connectivity index (χ4v) is 4.21. The summed E-state index contributed by atoms with van der Waals surface area (Å²) in [5, 5.41) is 3.93. The van der Waals surface area contributed by atoms with Crippen molar-refractivity contribution >= 4 is 23.4 Å². The van der Waals surface area contributed by atoms with Gasteiger partial charge in [0, 0.05) is 31.6 Å². The number of hydrogen-bond donors (Lipinski definition) is 1. The number of piperidine rings is 1. The smallest absolute Gasteiger partial charge is 0.225 e. The van der Waals surface area contributed by atoms with Crippen LogP contribution in [0.5, 0.6) is 0 Å². The Kier molecular flexibility index (Phi) is 6.20. The van der Waals surface area contributed by atoms with Gasteiger partial charge in [0.2, 0.25) is 11.8 Å². The summed E-state index contributed by atoms with van der Waals surface area (Å²) in [5.41, 5.74) is 0.796. The second-order valence-corrected chi connectivity index (χ2v) is 7.98. The Labute approximate surface area is 160 Å². The van der Waals surface area contributed by atoms with Gasteiger partial charge >= 0.3 is 0 Å². The Hall–Kier alpha value is -1.59. The van der Waals surface area contributed by atoms with Gasteiger partial charge in [-0.1, -0.05) is 36.6 Å². The van der Waals surface area contributed by atoms with Crippen molar-refractivity contribution in [2.75, 3.05) is 20.3 Å². The van der Waals surface area contributed by atoms with E-state index in [2.05, 4.69) is 5.32 Å². The van der Waals surface area contributed by atoms with Crippen molar-refractivity contribution in [2.24, 2.45) is 5.92 Å². The van der Waals surface area contributed by atoms with Gasteiger partial charge in [-0.2, -0.15) is 0 Å². The van der Waals surface area contributed by atoms with Crippen molar-refractivity contribution in [3.05, 3.63) is 34.9 Å². The Morgan fingerprint density at radius 3 is 2.65 bits per heavy atom. The van der Waals surface area contributed by atoms with E-state index in [9.17, 15) is 9.59 Å². The third kappa shape index (κ3) is 4.57. The fourth-order valence-electron chi connectivity index (χ4n) is 4.09. The first-order valence-corrected chi connectivity index (χ1v) is 9.72. The SMILES string of the molecule is COCC1(NC(=O)[C@H]2CCC(=O)N(Cc3ccc(Cl)cc3)C2)CCCC1. The van der Waals surface area contributed by atoms with Crippen LogP contribution in [0.3, 0.4) is 0 Å². The minimum atomic E-state index is -0.228. The van der Waals surface area contributed by atoms with Crippen LogP contribution in [0.25, 0.3) is 0 Å². The van der Waals surface area contributed by atoms with Gasteiger partial charge in [0.05, 0.1) is 18.1 Å². The third-order valence-corrected chi connectivity index (χ3v) is 5.78. The number of carbonyl (C=O) groups is 2. The van der Waals surface area contributed by atoms with Gasteiger partial charge in [0.25, 0.3) is 0 Å². The molecule has 2 amide bonds. The van der Waals surface area contributed by atoms with E-state index in [0.29, 0.717) is 37.6 Å². The lowest BCUT2D eigenvalue weighted by Gasteiger charge is -2.35. The molecule has 1 aliphatic heterocycles. The van der Waals surface area contributed by atoms with Gasteiger partial charge in [0.1, 0.15) is 0 Å². The van der Waals surface area contributed by atoms with Gasteiger partial charge in [0.15, 0.2) is 0 Å². The Balaban J connectivity index is 1.62.